The fourth-order valence-electron chi connectivity index (χ4n) is 2.61. The molecule has 0 aromatic heterocycles. The first kappa shape index (κ1) is 13.1. The van der Waals surface area contributed by atoms with E-state index in [1.807, 2.05) is 24.3 Å². The predicted molar refractivity (Wildman–Crippen MR) is 73.1 cm³/mol. The Labute approximate surface area is 109 Å². The minimum absolute atomic E-state index is 0.0320. The molecule has 3 nitrogen and oxygen atoms in total. The molecule has 1 fully saturated rings. The number of carbonyl (C=O) groups excluding carboxylic acids is 1. The molecule has 1 saturated carbocycles. The van der Waals surface area contributed by atoms with E-state index in [-0.39, 0.29) is 5.91 Å². The largest absolute Gasteiger partial charge is 0.349 e. The van der Waals surface area contributed by atoms with Gasteiger partial charge in [0.25, 0.3) is 5.91 Å². The quantitative estimate of drug-likeness (QED) is 0.860. The van der Waals surface area contributed by atoms with Crippen LogP contribution in [0.2, 0.25) is 0 Å². The van der Waals surface area contributed by atoms with E-state index in [0.29, 0.717) is 24.4 Å². The number of carbonyl (C=O) groups is 1. The van der Waals surface area contributed by atoms with Gasteiger partial charge in [-0.1, -0.05) is 26.0 Å². The van der Waals surface area contributed by atoms with Crippen LogP contribution in [0.25, 0.3) is 0 Å². The Kier molecular flexibility index (Phi) is 4.02. The summed E-state index contributed by atoms with van der Waals surface area (Å²) >= 11 is 0. The van der Waals surface area contributed by atoms with Crippen LogP contribution >= 0.6 is 0 Å². The second kappa shape index (κ2) is 5.53. The van der Waals surface area contributed by atoms with Gasteiger partial charge in [0, 0.05) is 18.2 Å². The second-order valence-electron chi connectivity index (χ2n) is 5.39. The van der Waals surface area contributed by atoms with Crippen LogP contribution < -0.4 is 11.1 Å². The Bertz CT molecular complexity index is 413. The highest BCUT2D eigenvalue weighted by Gasteiger charge is 2.30. The van der Waals surface area contributed by atoms with Gasteiger partial charge in [-0.2, -0.15) is 0 Å². The minimum atomic E-state index is 0.0320. The first-order valence-electron chi connectivity index (χ1n) is 6.71. The molecule has 1 amide bonds. The molecule has 0 aliphatic heterocycles. The predicted octanol–water partition coefficient (Wildman–Crippen LogP) is 2.31. The van der Waals surface area contributed by atoms with Gasteiger partial charge < -0.3 is 11.1 Å². The third-order valence-corrected chi connectivity index (χ3v) is 4.23. The minimum Gasteiger partial charge on any atom is -0.349 e. The standard InChI is InChI=1S/C15H22N2O/c1-10-3-8-14(11(10)2)17-15(18)13-6-4-12(9-16)5-7-13/h4-7,10-11,14H,3,8-9,16H2,1-2H3,(H,17,18). The van der Waals surface area contributed by atoms with Crippen molar-refractivity contribution in [2.45, 2.75) is 39.3 Å². The number of rotatable bonds is 3. The lowest BCUT2D eigenvalue weighted by molar-refractivity contribution is 0.0927. The SMILES string of the molecule is CC1CCC(NC(=O)c2ccc(CN)cc2)C1C. The molecule has 1 aliphatic rings. The van der Waals surface area contributed by atoms with E-state index < -0.39 is 0 Å². The lowest BCUT2D eigenvalue weighted by Crippen LogP contribution is -2.37. The molecule has 0 heterocycles. The van der Waals surface area contributed by atoms with Gasteiger partial charge in [0.1, 0.15) is 0 Å². The Morgan fingerprint density at radius 3 is 2.44 bits per heavy atom. The van der Waals surface area contributed by atoms with Crippen molar-refractivity contribution in [3.8, 4) is 0 Å². The molecule has 1 aliphatic carbocycles. The lowest BCUT2D eigenvalue weighted by Gasteiger charge is -2.19. The fourth-order valence-corrected chi connectivity index (χ4v) is 2.61. The van der Waals surface area contributed by atoms with Gasteiger partial charge in [-0.15, -0.1) is 0 Å². The van der Waals surface area contributed by atoms with Crippen molar-refractivity contribution in [2.75, 3.05) is 0 Å². The highest BCUT2D eigenvalue weighted by Crippen LogP contribution is 2.31. The van der Waals surface area contributed by atoms with E-state index in [9.17, 15) is 4.79 Å². The van der Waals surface area contributed by atoms with E-state index in [0.717, 1.165) is 17.5 Å². The van der Waals surface area contributed by atoms with E-state index in [1.54, 1.807) is 0 Å². The molecule has 3 unspecified atom stereocenters. The van der Waals surface area contributed by atoms with Gasteiger partial charge in [0.05, 0.1) is 0 Å². The second-order valence-corrected chi connectivity index (χ2v) is 5.39. The third-order valence-electron chi connectivity index (χ3n) is 4.23. The van der Waals surface area contributed by atoms with Gasteiger partial charge in [0.2, 0.25) is 0 Å². The summed E-state index contributed by atoms with van der Waals surface area (Å²) in [5.41, 5.74) is 7.31. The monoisotopic (exact) mass is 246 g/mol. The Morgan fingerprint density at radius 1 is 1.28 bits per heavy atom. The summed E-state index contributed by atoms with van der Waals surface area (Å²) in [7, 11) is 0. The zero-order valence-corrected chi connectivity index (χ0v) is 11.1. The highest BCUT2D eigenvalue weighted by molar-refractivity contribution is 5.94. The first-order chi connectivity index (χ1) is 8.61. The maximum Gasteiger partial charge on any atom is 0.251 e. The van der Waals surface area contributed by atoms with Crippen LogP contribution in [0.15, 0.2) is 24.3 Å². The van der Waals surface area contributed by atoms with Crippen molar-refractivity contribution in [1.82, 2.24) is 5.32 Å². The molecular formula is C15H22N2O. The molecule has 0 radical (unpaired) electrons. The average Bonchev–Trinajstić information content (AvgIpc) is 2.71. The maximum atomic E-state index is 12.1. The van der Waals surface area contributed by atoms with Gasteiger partial charge in [-0.3, -0.25) is 4.79 Å². The van der Waals surface area contributed by atoms with Crippen molar-refractivity contribution in [3.05, 3.63) is 35.4 Å². The number of amides is 1. The number of hydrogen-bond acceptors (Lipinski definition) is 2. The molecule has 0 bridgehead atoms. The molecule has 3 heteroatoms. The molecule has 3 atom stereocenters. The summed E-state index contributed by atoms with van der Waals surface area (Å²) in [6.07, 6.45) is 2.30. The summed E-state index contributed by atoms with van der Waals surface area (Å²) in [4.78, 5) is 12.1. The lowest BCUT2D eigenvalue weighted by atomic mass is 9.97. The van der Waals surface area contributed by atoms with Crippen LogP contribution in [0.1, 0.15) is 42.6 Å². The van der Waals surface area contributed by atoms with Crippen LogP contribution in [0, 0.1) is 11.8 Å². The van der Waals surface area contributed by atoms with Crippen LogP contribution in [-0.4, -0.2) is 11.9 Å². The molecule has 0 saturated heterocycles. The van der Waals surface area contributed by atoms with Gasteiger partial charge in [0.15, 0.2) is 0 Å². The first-order valence-corrected chi connectivity index (χ1v) is 6.71. The number of benzene rings is 1. The molecular weight excluding hydrogens is 224 g/mol. The molecule has 18 heavy (non-hydrogen) atoms. The zero-order chi connectivity index (χ0) is 13.1. The highest BCUT2D eigenvalue weighted by atomic mass is 16.1. The molecule has 0 spiro atoms. The fraction of sp³-hybridized carbons (Fsp3) is 0.533. The number of nitrogens with one attached hydrogen (secondary N) is 1. The van der Waals surface area contributed by atoms with Crippen molar-refractivity contribution >= 4 is 5.91 Å². The average molecular weight is 246 g/mol. The summed E-state index contributed by atoms with van der Waals surface area (Å²) in [5, 5.41) is 3.14. The van der Waals surface area contributed by atoms with Gasteiger partial charge >= 0.3 is 0 Å². The van der Waals surface area contributed by atoms with Crippen molar-refractivity contribution in [3.63, 3.8) is 0 Å². The van der Waals surface area contributed by atoms with Gasteiger partial charge in [-0.05, 0) is 42.4 Å². The van der Waals surface area contributed by atoms with E-state index in [1.165, 1.54) is 6.42 Å². The normalized spacial score (nSPS) is 27.2. The number of nitrogens with two attached hydrogens (primary N) is 1. The molecule has 1 aromatic rings. The van der Waals surface area contributed by atoms with Crippen LogP contribution in [0.5, 0.6) is 0 Å². The smallest absolute Gasteiger partial charge is 0.251 e. The summed E-state index contributed by atoms with van der Waals surface area (Å²) in [6, 6.07) is 7.84. The van der Waals surface area contributed by atoms with Crippen LogP contribution in [0.3, 0.4) is 0 Å². The summed E-state index contributed by atoms with van der Waals surface area (Å²) in [5.74, 6) is 1.30. The van der Waals surface area contributed by atoms with E-state index >= 15 is 0 Å². The summed E-state index contributed by atoms with van der Waals surface area (Å²) < 4.78 is 0. The van der Waals surface area contributed by atoms with Crippen molar-refractivity contribution in [2.24, 2.45) is 17.6 Å². The maximum absolute atomic E-state index is 12.1. The molecule has 2 rings (SSSR count). The van der Waals surface area contributed by atoms with E-state index in [2.05, 4.69) is 19.2 Å². The van der Waals surface area contributed by atoms with Crippen LogP contribution in [-0.2, 0) is 6.54 Å². The Balaban J connectivity index is 1.99. The third kappa shape index (κ3) is 2.72. The Morgan fingerprint density at radius 2 is 1.94 bits per heavy atom. The van der Waals surface area contributed by atoms with Crippen molar-refractivity contribution in [1.29, 1.82) is 0 Å². The topological polar surface area (TPSA) is 55.1 Å². The molecule has 1 aromatic carbocycles. The molecule has 98 valence electrons. The number of hydrogen-bond donors (Lipinski definition) is 2. The van der Waals surface area contributed by atoms with Gasteiger partial charge in [-0.25, -0.2) is 0 Å². The Hall–Kier alpha value is -1.35. The summed E-state index contributed by atoms with van der Waals surface area (Å²) in [6.45, 7) is 4.99. The molecule has 3 N–H and O–H groups in total. The van der Waals surface area contributed by atoms with E-state index in [4.69, 9.17) is 5.73 Å². The van der Waals surface area contributed by atoms with Crippen LogP contribution in [0.4, 0.5) is 0 Å². The van der Waals surface area contributed by atoms with Crippen molar-refractivity contribution < 1.29 is 4.79 Å². The zero-order valence-electron chi connectivity index (χ0n) is 11.1.